The smallest absolute Gasteiger partial charge is 0.229 e. The Morgan fingerprint density at radius 3 is 2.23 bits per heavy atom. The van der Waals surface area contributed by atoms with Gasteiger partial charge < -0.3 is 19.3 Å². The summed E-state index contributed by atoms with van der Waals surface area (Å²) in [7, 11) is 1.92. The van der Waals surface area contributed by atoms with Crippen molar-refractivity contribution in [2.24, 2.45) is 7.05 Å². The monoisotopic (exact) mass is 304 g/mol. The average Bonchev–Trinajstić information content (AvgIpc) is 2.97. The minimum atomic E-state index is 0.722. The third kappa shape index (κ3) is 2.38. The highest BCUT2D eigenvalue weighted by Gasteiger charge is 2.22. The molecule has 0 radical (unpaired) electrons. The van der Waals surface area contributed by atoms with E-state index in [-0.39, 0.29) is 0 Å². The molecule has 0 saturated carbocycles. The van der Waals surface area contributed by atoms with Crippen LogP contribution in [0.3, 0.4) is 0 Å². The number of fused-ring (bicyclic) bond motifs is 1. The molecule has 8 heteroatoms. The molecule has 0 N–H and O–H groups in total. The minimum absolute atomic E-state index is 0.722. The zero-order valence-corrected chi connectivity index (χ0v) is 12.7. The number of morpholine rings is 2. The normalized spacial score (nSPS) is 19.9. The summed E-state index contributed by atoms with van der Waals surface area (Å²) in [4.78, 5) is 14.0. The Balaban J connectivity index is 1.78. The lowest BCUT2D eigenvalue weighted by Gasteiger charge is -2.31. The molecule has 2 aromatic heterocycles. The van der Waals surface area contributed by atoms with E-state index in [2.05, 4.69) is 14.9 Å². The van der Waals surface area contributed by atoms with Gasteiger partial charge in [0.25, 0.3) is 0 Å². The molecule has 0 atom stereocenters. The van der Waals surface area contributed by atoms with Crippen LogP contribution in [0.1, 0.15) is 0 Å². The quantitative estimate of drug-likeness (QED) is 0.775. The number of ether oxygens (including phenoxy) is 2. The van der Waals surface area contributed by atoms with Gasteiger partial charge in [0, 0.05) is 33.2 Å². The molecule has 2 aliphatic rings. The lowest BCUT2D eigenvalue weighted by Crippen LogP contribution is -2.39. The summed E-state index contributed by atoms with van der Waals surface area (Å²) in [6, 6.07) is 0. The predicted octanol–water partition coefficient (Wildman–Crippen LogP) is 0.0365. The van der Waals surface area contributed by atoms with E-state index in [0.717, 1.165) is 75.4 Å². The van der Waals surface area contributed by atoms with Crippen molar-refractivity contribution < 1.29 is 9.47 Å². The van der Waals surface area contributed by atoms with Crippen LogP contribution in [0.5, 0.6) is 0 Å². The first-order valence-electron chi connectivity index (χ1n) is 7.68. The second kappa shape index (κ2) is 5.69. The number of aryl methyl sites for hydroxylation is 1. The topological polar surface area (TPSA) is 68.5 Å². The highest BCUT2D eigenvalue weighted by atomic mass is 16.5. The van der Waals surface area contributed by atoms with Crippen molar-refractivity contribution in [3.05, 3.63) is 6.20 Å². The van der Waals surface area contributed by atoms with E-state index >= 15 is 0 Å². The van der Waals surface area contributed by atoms with Gasteiger partial charge >= 0.3 is 0 Å². The maximum atomic E-state index is 5.45. The molecule has 0 amide bonds. The summed E-state index contributed by atoms with van der Waals surface area (Å²) in [5.41, 5.74) is 0.873. The fourth-order valence-corrected chi connectivity index (χ4v) is 2.92. The van der Waals surface area contributed by atoms with Crippen LogP contribution in [0.4, 0.5) is 11.8 Å². The Morgan fingerprint density at radius 2 is 1.55 bits per heavy atom. The molecule has 22 heavy (non-hydrogen) atoms. The van der Waals surface area contributed by atoms with Crippen LogP contribution in [0.15, 0.2) is 6.20 Å². The molecule has 0 unspecified atom stereocenters. The van der Waals surface area contributed by atoms with Crippen molar-refractivity contribution in [3.63, 3.8) is 0 Å². The average molecular weight is 304 g/mol. The molecule has 4 heterocycles. The number of nitrogens with zero attached hydrogens (tertiary/aromatic N) is 6. The first-order valence-corrected chi connectivity index (χ1v) is 7.68. The summed E-state index contributed by atoms with van der Waals surface area (Å²) >= 11 is 0. The zero-order valence-electron chi connectivity index (χ0n) is 12.7. The van der Waals surface area contributed by atoms with E-state index in [1.807, 2.05) is 17.9 Å². The van der Waals surface area contributed by atoms with Gasteiger partial charge in [-0.1, -0.05) is 0 Å². The van der Waals surface area contributed by atoms with Gasteiger partial charge in [-0.3, -0.25) is 4.68 Å². The van der Waals surface area contributed by atoms with Crippen molar-refractivity contribution in [2.75, 3.05) is 62.4 Å². The highest BCUT2D eigenvalue weighted by Crippen LogP contribution is 2.27. The fourth-order valence-electron chi connectivity index (χ4n) is 2.92. The SMILES string of the molecule is Cn1ncc2c(N3CCOCC3)nc(N3CCOCC3)nc21. The van der Waals surface area contributed by atoms with Crippen molar-refractivity contribution in [3.8, 4) is 0 Å². The molecule has 2 aliphatic heterocycles. The highest BCUT2D eigenvalue weighted by molar-refractivity contribution is 5.88. The molecule has 2 fully saturated rings. The Morgan fingerprint density at radius 1 is 0.909 bits per heavy atom. The molecular weight excluding hydrogens is 284 g/mol. The molecule has 2 saturated heterocycles. The van der Waals surface area contributed by atoms with Crippen LogP contribution < -0.4 is 9.80 Å². The van der Waals surface area contributed by atoms with Gasteiger partial charge in [0.2, 0.25) is 5.95 Å². The number of anilines is 2. The van der Waals surface area contributed by atoms with E-state index in [0.29, 0.717) is 0 Å². The summed E-state index contributed by atoms with van der Waals surface area (Å²) in [5.74, 6) is 1.73. The third-order valence-electron chi connectivity index (χ3n) is 4.16. The van der Waals surface area contributed by atoms with Crippen molar-refractivity contribution in [2.45, 2.75) is 0 Å². The molecule has 118 valence electrons. The number of rotatable bonds is 2. The van der Waals surface area contributed by atoms with Crippen molar-refractivity contribution >= 4 is 22.8 Å². The second-order valence-electron chi connectivity index (χ2n) is 5.55. The first-order chi connectivity index (χ1) is 10.8. The molecule has 0 spiro atoms. The maximum absolute atomic E-state index is 5.45. The molecule has 2 aromatic rings. The largest absolute Gasteiger partial charge is 0.378 e. The Kier molecular flexibility index (Phi) is 3.55. The van der Waals surface area contributed by atoms with E-state index in [4.69, 9.17) is 19.4 Å². The molecule has 0 bridgehead atoms. The van der Waals surface area contributed by atoms with Gasteiger partial charge in [-0.2, -0.15) is 15.1 Å². The van der Waals surface area contributed by atoms with E-state index < -0.39 is 0 Å². The van der Waals surface area contributed by atoms with Crippen LogP contribution in [0, 0.1) is 0 Å². The van der Waals surface area contributed by atoms with Gasteiger partial charge in [0.05, 0.1) is 38.0 Å². The van der Waals surface area contributed by atoms with Crippen molar-refractivity contribution in [1.29, 1.82) is 0 Å². The first kappa shape index (κ1) is 13.7. The summed E-state index contributed by atoms with van der Waals surface area (Å²) in [6.07, 6.45) is 1.85. The molecule has 4 rings (SSSR count). The summed E-state index contributed by atoms with van der Waals surface area (Å²) in [5, 5.41) is 5.35. The standard InChI is InChI=1S/C14H20N6O2/c1-18-12-11(10-15-18)13(19-2-6-21-7-3-19)17-14(16-12)20-4-8-22-9-5-20/h10H,2-9H2,1H3. The summed E-state index contributed by atoms with van der Waals surface area (Å²) in [6.45, 7) is 6.27. The van der Waals surface area contributed by atoms with Gasteiger partial charge in [-0.15, -0.1) is 0 Å². The van der Waals surface area contributed by atoms with Crippen LogP contribution in [0.25, 0.3) is 11.0 Å². The van der Waals surface area contributed by atoms with Crippen LogP contribution in [-0.4, -0.2) is 72.4 Å². The molecule has 0 aromatic carbocycles. The fraction of sp³-hybridized carbons (Fsp3) is 0.643. The van der Waals surface area contributed by atoms with Gasteiger partial charge in [0.1, 0.15) is 5.82 Å². The predicted molar refractivity (Wildman–Crippen MR) is 82.4 cm³/mol. The Bertz CT molecular complexity index is 661. The zero-order chi connectivity index (χ0) is 14.9. The minimum Gasteiger partial charge on any atom is -0.378 e. The molecular formula is C14H20N6O2. The van der Waals surface area contributed by atoms with Crippen LogP contribution >= 0.6 is 0 Å². The Hall–Kier alpha value is -1.93. The lowest BCUT2D eigenvalue weighted by atomic mass is 10.3. The number of aromatic nitrogens is 4. The van der Waals surface area contributed by atoms with E-state index in [9.17, 15) is 0 Å². The van der Waals surface area contributed by atoms with Gasteiger partial charge in [-0.05, 0) is 0 Å². The maximum Gasteiger partial charge on any atom is 0.229 e. The molecule has 0 aliphatic carbocycles. The second-order valence-corrected chi connectivity index (χ2v) is 5.55. The van der Waals surface area contributed by atoms with E-state index in [1.54, 1.807) is 0 Å². The van der Waals surface area contributed by atoms with Gasteiger partial charge in [-0.25, -0.2) is 0 Å². The number of hydrogen-bond acceptors (Lipinski definition) is 7. The molecule has 8 nitrogen and oxygen atoms in total. The third-order valence-corrected chi connectivity index (χ3v) is 4.16. The van der Waals surface area contributed by atoms with E-state index in [1.165, 1.54) is 0 Å². The Labute approximate surface area is 128 Å². The number of hydrogen-bond donors (Lipinski definition) is 0. The summed E-state index contributed by atoms with van der Waals surface area (Å²) < 4.78 is 12.7. The van der Waals surface area contributed by atoms with Crippen LogP contribution in [-0.2, 0) is 16.5 Å². The van der Waals surface area contributed by atoms with Crippen LogP contribution in [0.2, 0.25) is 0 Å². The van der Waals surface area contributed by atoms with Crippen molar-refractivity contribution in [1.82, 2.24) is 19.7 Å². The lowest BCUT2D eigenvalue weighted by molar-refractivity contribution is 0.121. The van der Waals surface area contributed by atoms with Gasteiger partial charge in [0.15, 0.2) is 5.65 Å².